The van der Waals surface area contributed by atoms with Crippen molar-refractivity contribution in [3.8, 4) is 11.6 Å². The zero-order chi connectivity index (χ0) is 24.4. The minimum Gasteiger partial charge on any atom is -0.434 e. The van der Waals surface area contributed by atoms with Crippen LogP contribution in [0, 0.1) is 12.7 Å². The number of nitrogens with one attached hydrogen (secondary N) is 3. The maximum Gasteiger partial charge on any atom is 0.248 e. The molecule has 1 aliphatic heterocycles. The Hall–Kier alpha value is -4.18. The first kappa shape index (κ1) is 22.6. The Kier molecular flexibility index (Phi) is 6.19. The van der Waals surface area contributed by atoms with Crippen LogP contribution in [-0.4, -0.2) is 59.5 Å². The topological polar surface area (TPSA) is 98.4 Å². The summed E-state index contributed by atoms with van der Waals surface area (Å²) in [6.07, 6.45) is 1.80. The van der Waals surface area contributed by atoms with Gasteiger partial charge >= 0.3 is 0 Å². The number of hydrogen-bond acceptors (Lipinski definition) is 7. The fourth-order valence-corrected chi connectivity index (χ4v) is 4.16. The highest BCUT2D eigenvalue weighted by Crippen LogP contribution is 2.36. The number of H-pyrrole nitrogens is 1. The van der Waals surface area contributed by atoms with Crippen molar-refractivity contribution in [2.45, 2.75) is 6.92 Å². The Balaban J connectivity index is 1.39. The van der Waals surface area contributed by atoms with Gasteiger partial charge in [-0.1, -0.05) is 0 Å². The van der Waals surface area contributed by atoms with Gasteiger partial charge in [-0.2, -0.15) is 4.98 Å². The van der Waals surface area contributed by atoms with Crippen molar-refractivity contribution in [1.82, 2.24) is 19.9 Å². The molecule has 1 saturated heterocycles. The van der Waals surface area contributed by atoms with Crippen LogP contribution in [0.4, 0.5) is 27.3 Å². The van der Waals surface area contributed by atoms with Crippen molar-refractivity contribution >= 4 is 40.2 Å². The van der Waals surface area contributed by atoms with E-state index in [0.29, 0.717) is 23.1 Å². The number of amides is 1. The molecule has 2 aromatic heterocycles. The van der Waals surface area contributed by atoms with Crippen LogP contribution in [-0.2, 0) is 4.79 Å². The molecule has 0 atom stereocenters. The van der Waals surface area contributed by atoms with Crippen LogP contribution in [0.1, 0.15) is 5.69 Å². The van der Waals surface area contributed by atoms with Gasteiger partial charge in [-0.25, -0.2) is 9.37 Å². The zero-order valence-electron chi connectivity index (χ0n) is 19.5. The first-order valence-corrected chi connectivity index (χ1v) is 11.3. The number of aryl methyl sites for hydroxylation is 1. The normalized spacial score (nSPS) is 14.2. The number of ether oxygens (including phenoxy) is 1. The standard InChI is InChI=1S/C25H26FN7O2/c1-16-13-19-20(30-16)7-8-21(22(19)26)35-25-23(29-15-34)24(27-14-28-25)31-17-3-5-18(6-4-17)33-11-9-32(2)10-12-33/h3-8,13-15,30H,9-12H2,1-2H3,(H,29,34)(H,27,28,31). The van der Waals surface area contributed by atoms with Gasteiger partial charge in [0.15, 0.2) is 17.4 Å². The smallest absolute Gasteiger partial charge is 0.248 e. The van der Waals surface area contributed by atoms with Gasteiger partial charge in [0.25, 0.3) is 0 Å². The lowest BCUT2D eigenvalue weighted by atomic mass is 10.2. The fourth-order valence-electron chi connectivity index (χ4n) is 4.16. The summed E-state index contributed by atoms with van der Waals surface area (Å²) in [5, 5.41) is 6.18. The molecule has 1 fully saturated rings. The van der Waals surface area contributed by atoms with Gasteiger partial charge in [-0.15, -0.1) is 0 Å². The van der Waals surface area contributed by atoms with Crippen molar-refractivity contribution in [3.05, 3.63) is 60.3 Å². The number of fused-ring (bicyclic) bond motifs is 1. The van der Waals surface area contributed by atoms with E-state index in [1.165, 1.54) is 12.4 Å². The van der Waals surface area contributed by atoms with Crippen LogP contribution in [0.2, 0.25) is 0 Å². The quantitative estimate of drug-likeness (QED) is 0.344. The number of piperazine rings is 1. The van der Waals surface area contributed by atoms with Gasteiger partial charge in [-0.05, 0) is 56.4 Å². The van der Waals surface area contributed by atoms with E-state index >= 15 is 4.39 Å². The Morgan fingerprint density at radius 2 is 1.86 bits per heavy atom. The SMILES string of the molecule is Cc1cc2c(F)c(Oc3ncnc(Nc4ccc(N5CCN(C)CC5)cc4)c3NC=O)ccc2[nH]1. The number of anilines is 4. The Morgan fingerprint density at radius 3 is 2.60 bits per heavy atom. The number of likely N-dealkylation sites (N-methyl/N-ethyl adjacent to an activating group) is 1. The number of rotatable bonds is 7. The van der Waals surface area contributed by atoms with E-state index in [0.717, 1.165) is 43.2 Å². The first-order valence-electron chi connectivity index (χ1n) is 11.3. The van der Waals surface area contributed by atoms with E-state index in [1.807, 2.05) is 31.2 Å². The van der Waals surface area contributed by atoms with E-state index in [9.17, 15) is 4.79 Å². The summed E-state index contributed by atoms with van der Waals surface area (Å²) in [7, 11) is 2.13. The molecule has 1 aliphatic rings. The highest BCUT2D eigenvalue weighted by atomic mass is 19.1. The number of halogens is 1. The molecular weight excluding hydrogens is 449 g/mol. The number of aromatic amines is 1. The summed E-state index contributed by atoms with van der Waals surface area (Å²) in [5.74, 6) is -0.175. The van der Waals surface area contributed by atoms with E-state index in [2.05, 4.69) is 42.4 Å². The average molecular weight is 476 g/mol. The van der Waals surface area contributed by atoms with Crippen molar-refractivity contribution < 1.29 is 13.9 Å². The molecule has 180 valence electrons. The number of benzene rings is 2. The van der Waals surface area contributed by atoms with E-state index in [1.54, 1.807) is 12.1 Å². The molecule has 10 heteroatoms. The van der Waals surface area contributed by atoms with Gasteiger partial charge in [-0.3, -0.25) is 4.79 Å². The molecule has 0 unspecified atom stereocenters. The van der Waals surface area contributed by atoms with Crippen LogP contribution in [0.25, 0.3) is 10.9 Å². The van der Waals surface area contributed by atoms with Crippen molar-refractivity contribution in [2.24, 2.45) is 0 Å². The highest BCUT2D eigenvalue weighted by molar-refractivity contribution is 5.85. The molecule has 4 aromatic rings. The van der Waals surface area contributed by atoms with Crippen LogP contribution in [0.5, 0.6) is 11.6 Å². The molecule has 3 N–H and O–H groups in total. The number of carbonyl (C=O) groups excluding carboxylic acids is 1. The third-order valence-corrected chi connectivity index (χ3v) is 6.06. The zero-order valence-corrected chi connectivity index (χ0v) is 19.5. The van der Waals surface area contributed by atoms with Crippen LogP contribution < -0.4 is 20.3 Å². The number of aromatic nitrogens is 3. The molecular formula is C25H26FN7O2. The third-order valence-electron chi connectivity index (χ3n) is 6.06. The third kappa shape index (κ3) is 4.73. The molecule has 0 saturated carbocycles. The van der Waals surface area contributed by atoms with Crippen LogP contribution in [0.3, 0.4) is 0 Å². The molecule has 5 rings (SSSR count). The second-order valence-corrected chi connectivity index (χ2v) is 8.52. The van der Waals surface area contributed by atoms with Crippen molar-refractivity contribution in [2.75, 3.05) is 48.8 Å². The second kappa shape index (κ2) is 9.59. The summed E-state index contributed by atoms with van der Waals surface area (Å²) < 4.78 is 20.8. The second-order valence-electron chi connectivity index (χ2n) is 8.52. The lowest BCUT2D eigenvalue weighted by molar-refractivity contribution is -0.105. The minimum atomic E-state index is -0.517. The first-order chi connectivity index (χ1) is 17.0. The molecule has 9 nitrogen and oxygen atoms in total. The summed E-state index contributed by atoms with van der Waals surface area (Å²) in [4.78, 5) is 27.5. The number of nitrogens with zero attached hydrogens (tertiary/aromatic N) is 4. The minimum absolute atomic E-state index is 0.00775. The van der Waals surface area contributed by atoms with Gasteiger partial charge in [0.1, 0.15) is 12.0 Å². The summed E-state index contributed by atoms with van der Waals surface area (Å²) >= 11 is 0. The molecule has 3 heterocycles. The Bertz CT molecular complexity index is 1350. The maximum atomic E-state index is 15.0. The molecule has 35 heavy (non-hydrogen) atoms. The Labute approximate surface area is 201 Å². The summed E-state index contributed by atoms with van der Waals surface area (Å²) in [6, 6.07) is 12.9. The van der Waals surface area contributed by atoms with E-state index in [-0.39, 0.29) is 17.3 Å². The predicted octanol–water partition coefficient (Wildman–Crippen LogP) is 4.26. The van der Waals surface area contributed by atoms with Gasteiger partial charge in [0.2, 0.25) is 12.3 Å². The van der Waals surface area contributed by atoms with E-state index < -0.39 is 5.82 Å². The van der Waals surface area contributed by atoms with Crippen LogP contribution >= 0.6 is 0 Å². The molecule has 1 amide bonds. The molecule has 0 spiro atoms. The largest absolute Gasteiger partial charge is 0.434 e. The fraction of sp³-hybridized carbons (Fsp3) is 0.240. The van der Waals surface area contributed by atoms with Gasteiger partial charge < -0.3 is 30.2 Å². The predicted molar refractivity (Wildman–Crippen MR) is 134 cm³/mol. The average Bonchev–Trinajstić information content (AvgIpc) is 3.25. The van der Waals surface area contributed by atoms with Gasteiger partial charge in [0, 0.05) is 54.2 Å². The monoisotopic (exact) mass is 475 g/mol. The maximum absolute atomic E-state index is 15.0. The highest BCUT2D eigenvalue weighted by Gasteiger charge is 2.18. The number of hydrogen-bond donors (Lipinski definition) is 3. The Morgan fingerprint density at radius 1 is 1.09 bits per heavy atom. The molecule has 0 bridgehead atoms. The van der Waals surface area contributed by atoms with Crippen molar-refractivity contribution in [1.29, 1.82) is 0 Å². The molecule has 2 aromatic carbocycles. The summed E-state index contributed by atoms with van der Waals surface area (Å²) in [6.45, 7) is 5.87. The lowest BCUT2D eigenvalue weighted by Gasteiger charge is -2.34. The molecule has 0 aliphatic carbocycles. The summed E-state index contributed by atoms with van der Waals surface area (Å²) in [5.41, 5.74) is 3.63. The molecule has 0 radical (unpaired) electrons. The van der Waals surface area contributed by atoms with E-state index in [4.69, 9.17) is 4.74 Å². The van der Waals surface area contributed by atoms with Crippen molar-refractivity contribution in [3.63, 3.8) is 0 Å². The number of carbonyl (C=O) groups is 1. The lowest BCUT2D eigenvalue weighted by Crippen LogP contribution is -2.44. The van der Waals surface area contributed by atoms with Gasteiger partial charge in [0.05, 0.1) is 0 Å². The van der Waals surface area contributed by atoms with Crippen LogP contribution in [0.15, 0.2) is 48.8 Å².